The van der Waals surface area contributed by atoms with E-state index in [0.29, 0.717) is 18.9 Å². The van der Waals surface area contributed by atoms with Crippen molar-refractivity contribution in [2.24, 2.45) is 0 Å². The molecule has 7 heteroatoms. The number of fused-ring (bicyclic) bond motifs is 2. The first-order chi connectivity index (χ1) is 14.5. The predicted octanol–water partition coefficient (Wildman–Crippen LogP) is 3.32. The van der Waals surface area contributed by atoms with E-state index in [2.05, 4.69) is 17.4 Å². The summed E-state index contributed by atoms with van der Waals surface area (Å²) in [5, 5.41) is 4.78. The molecular weight excluding hydrogens is 416 g/mol. The molecule has 1 N–H and O–H groups in total. The van der Waals surface area contributed by atoms with Gasteiger partial charge in [-0.05, 0) is 46.5 Å². The van der Waals surface area contributed by atoms with E-state index in [-0.39, 0.29) is 16.7 Å². The van der Waals surface area contributed by atoms with Crippen LogP contribution in [0.1, 0.15) is 28.2 Å². The number of nitrogens with zero attached hydrogens (tertiary/aromatic N) is 1. The van der Waals surface area contributed by atoms with Crippen LogP contribution >= 0.6 is 11.3 Å². The molecular formula is C23H22N2O3S2. The first kappa shape index (κ1) is 19.5. The van der Waals surface area contributed by atoms with Crippen molar-refractivity contribution in [3.8, 4) is 0 Å². The highest BCUT2D eigenvalue weighted by molar-refractivity contribution is 7.91. The van der Waals surface area contributed by atoms with Crippen LogP contribution in [-0.4, -0.2) is 31.2 Å². The first-order valence-corrected chi connectivity index (χ1v) is 12.3. The second-order valence-electron chi connectivity index (χ2n) is 7.82. The Morgan fingerprint density at radius 2 is 1.70 bits per heavy atom. The minimum absolute atomic E-state index is 0.209. The van der Waals surface area contributed by atoms with Crippen LogP contribution in [0.15, 0.2) is 70.3 Å². The largest absolute Gasteiger partial charge is 0.354 e. The molecule has 0 saturated heterocycles. The first-order valence-electron chi connectivity index (χ1n) is 10.0. The highest BCUT2D eigenvalue weighted by atomic mass is 32.2. The molecule has 5 rings (SSSR count). The lowest BCUT2D eigenvalue weighted by molar-refractivity contribution is -0.125. The average Bonchev–Trinajstić information content (AvgIpc) is 3.29. The maximum Gasteiger partial charge on any atom is 0.253 e. The molecule has 2 atom stereocenters. The van der Waals surface area contributed by atoms with Crippen LogP contribution in [-0.2, 0) is 34.2 Å². The Kier molecular flexibility index (Phi) is 4.97. The highest BCUT2D eigenvalue weighted by Gasteiger charge is 2.40. The van der Waals surface area contributed by atoms with E-state index in [1.54, 1.807) is 17.5 Å². The van der Waals surface area contributed by atoms with Crippen LogP contribution in [0.4, 0.5) is 0 Å². The van der Waals surface area contributed by atoms with Gasteiger partial charge in [-0.15, -0.1) is 11.3 Å². The zero-order chi connectivity index (χ0) is 20.7. The summed E-state index contributed by atoms with van der Waals surface area (Å²) in [4.78, 5) is 13.2. The Bertz CT molecular complexity index is 1190. The van der Waals surface area contributed by atoms with Crippen LogP contribution in [0.5, 0.6) is 0 Å². The predicted molar refractivity (Wildman–Crippen MR) is 117 cm³/mol. The number of benzene rings is 2. The third-order valence-corrected chi connectivity index (χ3v) is 9.28. The van der Waals surface area contributed by atoms with E-state index in [0.717, 1.165) is 17.5 Å². The lowest BCUT2D eigenvalue weighted by Crippen LogP contribution is -2.53. The minimum Gasteiger partial charge on any atom is -0.354 e. The van der Waals surface area contributed by atoms with Gasteiger partial charge in [0.25, 0.3) is 10.0 Å². The van der Waals surface area contributed by atoms with Gasteiger partial charge in [0.1, 0.15) is 10.3 Å². The smallest absolute Gasteiger partial charge is 0.253 e. The Morgan fingerprint density at radius 1 is 0.967 bits per heavy atom. The number of sulfonamides is 1. The van der Waals surface area contributed by atoms with Crippen molar-refractivity contribution in [1.82, 2.24) is 9.62 Å². The summed E-state index contributed by atoms with van der Waals surface area (Å²) < 4.78 is 28.2. The van der Waals surface area contributed by atoms with Crippen molar-refractivity contribution < 1.29 is 13.2 Å². The lowest BCUT2D eigenvalue weighted by Gasteiger charge is -2.36. The van der Waals surface area contributed by atoms with Gasteiger partial charge in [0.15, 0.2) is 0 Å². The minimum atomic E-state index is -3.74. The maximum absolute atomic E-state index is 13.3. The van der Waals surface area contributed by atoms with Crippen LogP contribution in [0.2, 0.25) is 0 Å². The number of carbonyl (C=O) groups is 1. The molecule has 5 nitrogen and oxygen atoms in total. The molecule has 1 amide bonds. The average molecular weight is 439 g/mol. The fourth-order valence-corrected chi connectivity index (χ4v) is 7.07. The molecule has 2 aromatic carbocycles. The summed E-state index contributed by atoms with van der Waals surface area (Å²) in [6.07, 6.45) is 1.33. The summed E-state index contributed by atoms with van der Waals surface area (Å²) in [6.45, 7) is 0.738. The number of carbonyl (C=O) groups excluding carboxylic acids is 1. The SMILES string of the molecule is O=C(NC[C@H]1Cc2ccccc21)[C@H]1Cc2ccccc2CN1S(=O)(=O)c1cccs1. The number of hydrogen-bond donors (Lipinski definition) is 1. The molecule has 0 fully saturated rings. The standard InChI is InChI=1S/C23H22N2O3S2/c26-23(24-14-19-12-17-7-3-4-9-20(17)19)21-13-16-6-1-2-8-18(16)15-25(21)30(27,28)22-10-5-11-29-22/h1-11,19,21H,12-15H2,(H,24,26)/t19-,21-/m1/s1. The number of nitrogens with one attached hydrogen (secondary N) is 1. The molecule has 2 heterocycles. The van der Waals surface area contributed by atoms with Crippen LogP contribution in [0, 0.1) is 0 Å². The topological polar surface area (TPSA) is 66.5 Å². The van der Waals surface area contributed by atoms with Crippen molar-refractivity contribution in [1.29, 1.82) is 0 Å². The molecule has 1 aliphatic carbocycles. The molecule has 1 aliphatic heterocycles. The summed E-state index contributed by atoms with van der Waals surface area (Å²) in [7, 11) is -3.74. The van der Waals surface area contributed by atoms with Crippen molar-refractivity contribution >= 4 is 27.3 Å². The normalized spacial score (nSPS) is 20.7. The molecule has 30 heavy (non-hydrogen) atoms. The molecule has 1 aromatic heterocycles. The second-order valence-corrected chi connectivity index (χ2v) is 10.9. The summed E-state index contributed by atoms with van der Waals surface area (Å²) >= 11 is 1.18. The van der Waals surface area contributed by atoms with E-state index in [1.807, 2.05) is 36.4 Å². The Hall–Kier alpha value is -2.48. The molecule has 154 valence electrons. The van der Waals surface area contributed by atoms with Crippen molar-refractivity contribution in [3.63, 3.8) is 0 Å². The van der Waals surface area contributed by atoms with Gasteiger partial charge in [-0.1, -0.05) is 54.6 Å². The lowest BCUT2D eigenvalue weighted by atomic mass is 9.77. The molecule has 0 saturated carbocycles. The molecule has 2 aliphatic rings. The third-order valence-electron chi connectivity index (χ3n) is 6.05. The van der Waals surface area contributed by atoms with E-state index in [4.69, 9.17) is 0 Å². The molecule has 0 radical (unpaired) electrons. The van der Waals surface area contributed by atoms with Gasteiger partial charge < -0.3 is 5.32 Å². The number of hydrogen-bond acceptors (Lipinski definition) is 4. The van der Waals surface area contributed by atoms with E-state index >= 15 is 0 Å². The Morgan fingerprint density at radius 3 is 2.43 bits per heavy atom. The molecule has 0 spiro atoms. The van der Waals surface area contributed by atoms with Gasteiger partial charge in [-0.3, -0.25) is 4.79 Å². The van der Waals surface area contributed by atoms with Crippen molar-refractivity contribution in [2.45, 2.75) is 35.6 Å². The van der Waals surface area contributed by atoms with Crippen LogP contribution in [0.25, 0.3) is 0 Å². The maximum atomic E-state index is 13.3. The van der Waals surface area contributed by atoms with Gasteiger partial charge in [0.05, 0.1) is 0 Å². The molecule has 0 unspecified atom stereocenters. The van der Waals surface area contributed by atoms with Crippen molar-refractivity contribution in [3.05, 3.63) is 88.3 Å². The fourth-order valence-electron chi connectivity index (χ4n) is 4.39. The van der Waals surface area contributed by atoms with Crippen LogP contribution < -0.4 is 5.32 Å². The van der Waals surface area contributed by atoms with E-state index < -0.39 is 16.1 Å². The molecule has 3 aromatic rings. The van der Waals surface area contributed by atoms with Gasteiger partial charge in [0, 0.05) is 19.0 Å². The quantitative estimate of drug-likeness (QED) is 0.665. The Balaban J connectivity index is 1.39. The summed E-state index contributed by atoms with van der Waals surface area (Å²) in [6, 6.07) is 18.6. The highest BCUT2D eigenvalue weighted by Crippen LogP contribution is 2.35. The second kappa shape index (κ2) is 7.65. The zero-order valence-electron chi connectivity index (χ0n) is 16.3. The van der Waals surface area contributed by atoms with Gasteiger partial charge in [-0.25, -0.2) is 8.42 Å². The van der Waals surface area contributed by atoms with Gasteiger partial charge in [-0.2, -0.15) is 4.31 Å². The van der Waals surface area contributed by atoms with Gasteiger partial charge >= 0.3 is 0 Å². The van der Waals surface area contributed by atoms with Crippen LogP contribution in [0.3, 0.4) is 0 Å². The Labute approximate surface area is 180 Å². The zero-order valence-corrected chi connectivity index (χ0v) is 18.0. The van der Waals surface area contributed by atoms with E-state index in [9.17, 15) is 13.2 Å². The summed E-state index contributed by atoms with van der Waals surface area (Å²) in [5.41, 5.74) is 4.58. The van der Waals surface area contributed by atoms with Gasteiger partial charge in [0.2, 0.25) is 5.91 Å². The molecule has 0 bridgehead atoms. The van der Waals surface area contributed by atoms with E-state index in [1.165, 1.54) is 26.8 Å². The third kappa shape index (κ3) is 3.37. The monoisotopic (exact) mass is 438 g/mol. The summed E-state index contributed by atoms with van der Waals surface area (Å²) in [5.74, 6) is 0.0670. The number of thiophene rings is 1. The number of amides is 1. The fraction of sp³-hybridized carbons (Fsp3) is 0.261. The number of rotatable bonds is 5. The van der Waals surface area contributed by atoms with Crippen molar-refractivity contribution in [2.75, 3.05) is 6.54 Å².